The van der Waals surface area contributed by atoms with Gasteiger partial charge in [0, 0.05) is 41.1 Å². The van der Waals surface area contributed by atoms with Gasteiger partial charge in [-0.15, -0.1) is 0 Å². The van der Waals surface area contributed by atoms with Crippen molar-refractivity contribution in [3.05, 3.63) is 87.5 Å². The van der Waals surface area contributed by atoms with Gasteiger partial charge in [0.05, 0.1) is 47.1 Å². The van der Waals surface area contributed by atoms with Crippen LogP contribution in [0, 0.1) is 9.49 Å². The highest BCUT2D eigenvalue weighted by atomic mass is 127. The Labute approximate surface area is 304 Å². The maximum Gasteiger partial charge on any atom is 0.305 e. The van der Waals surface area contributed by atoms with Crippen LogP contribution >= 0.6 is 22.6 Å². The summed E-state index contributed by atoms with van der Waals surface area (Å²) in [5.74, 6) is 0.00977. The number of rotatable bonds is 14. The van der Waals surface area contributed by atoms with Crippen LogP contribution in [-0.2, 0) is 36.0 Å². The average molecular weight is 799 g/mol. The van der Waals surface area contributed by atoms with Crippen molar-refractivity contribution in [2.24, 2.45) is 5.92 Å². The molecule has 2 aliphatic rings. The van der Waals surface area contributed by atoms with Gasteiger partial charge in [-0.05, 0) is 76.9 Å². The van der Waals surface area contributed by atoms with E-state index in [4.69, 9.17) is 14.2 Å². The van der Waals surface area contributed by atoms with Crippen LogP contribution in [-0.4, -0.2) is 75.9 Å². The van der Waals surface area contributed by atoms with Crippen LogP contribution in [0.4, 0.5) is 5.69 Å². The van der Waals surface area contributed by atoms with E-state index in [9.17, 15) is 19.5 Å². The van der Waals surface area contributed by atoms with Crippen LogP contribution in [0.25, 0.3) is 0 Å². The minimum absolute atomic E-state index is 0.0852. The Hall–Kier alpha value is -3.26. The van der Waals surface area contributed by atoms with E-state index in [1.54, 1.807) is 12.0 Å². The molecule has 2 amide bonds. The summed E-state index contributed by atoms with van der Waals surface area (Å²) in [6.45, 7) is 7.56. The molecule has 0 aliphatic carbocycles. The molecule has 0 radical (unpaired) electrons. The molecule has 1 fully saturated rings. The van der Waals surface area contributed by atoms with Gasteiger partial charge in [0.1, 0.15) is 5.75 Å². The number of hydrogen-bond acceptors (Lipinski definition) is 7. The number of hydrogen-bond donors (Lipinski definition) is 1. The van der Waals surface area contributed by atoms with Crippen LogP contribution in [0.15, 0.2) is 72.8 Å². The van der Waals surface area contributed by atoms with Crippen molar-refractivity contribution >= 4 is 59.3 Å². The monoisotopic (exact) mass is 798 g/mol. The molecule has 1 N–H and O–H groups in total. The number of aliphatic hydroxyl groups excluding tert-OH is 1. The summed E-state index contributed by atoms with van der Waals surface area (Å²) in [4.78, 5) is 44.4. The summed E-state index contributed by atoms with van der Waals surface area (Å²) in [7, 11) is 0.574. The average Bonchev–Trinajstić information content (AvgIpc) is 3.52. The van der Waals surface area contributed by atoms with Crippen molar-refractivity contribution < 1.29 is 33.7 Å². The van der Waals surface area contributed by atoms with Gasteiger partial charge in [-0.25, -0.2) is 0 Å². The maximum absolute atomic E-state index is 14.9. The zero-order valence-corrected chi connectivity index (χ0v) is 32.1. The van der Waals surface area contributed by atoms with Crippen molar-refractivity contribution in [1.82, 2.24) is 4.90 Å². The number of halogens is 1. The molecular formula is C38H47IN2O7Si. The lowest BCUT2D eigenvalue weighted by molar-refractivity contribution is -0.149. The fourth-order valence-electron chi connectivity index (χ4n) is 7.87. The number of esters is 1. The fourth-order valence-corrected chi connectivity index (χ4v) is 12.4. The van der Waals surface area contributed by atoms with E-state index in [-0.39, 0.29) is 55.2 Å². The zero-order valence-electron chi connectivity index (χ0n) is 29.0. The van der Waals surface area contributed by atoms with Crippen LogP contribution in [0.5, 0.6) is 5.75 Å². The second kappa shape index (κ2) is 15.7. The number of carbonyl (C=O) groups excluding carboxylic acids is 3. The van der Waals surface area contributed by atoms with Crippen LogP contribution in [0.2, 0.25) is 18.6 Å². The number of methoxy groups -OCH3 is 2. The summed E-state index contributed by atoms with van der Waals surface area (Å²) < 4.78 is 18.4. The molecule has 1 saturated heterocycles. The van der Waals surface area contributed by atoms with E-state index in [0.717, 1.165) is 26.1 Å². The van der Waals surface area contributed by atoms with Gasteiger partial charge in [0.2, 0.25) is 5.91 Å². The standard InChI is InChI=1S/C38H47IN2O7Si/c1-26-36(49(4,5)30-17-15-29(46-2)16-18-30)33(24-34(43)40(21-22-42)25-27-11-7-6-8-12-27)48-38(26)31-23-28(39)14-19-32(31)41(37(38)45)20-10-9-13-35(44)47-3/h6-8,11-12,14-19,23,26,33,36,42H,9-10,13,20-22,24-25H2,1-5H3/t26-,33+,36-,38+/m0/s1. The fraction of sp³-hybridized carbons (Fsp3) is 0.447. The lowest BCUT2D eigenvalue weighted by Crippen LogP contribution is -2.52. The minimum atomic E-state index is -2.46. The third kappa shape index (κ3) is 7.45. The van der Waals surface area contributed by atoms with Gasteiger partial charge in [0.25, 0.3) is 5.91 Å². The number of anilines is 1. The van der Waals surface area contributed by atoms with Crippen molar-refractivity contribution in [2.75, 3.05) is 38.8 Å². The highest BCUT2D eigenvalue weighted by Gasteiger charge is 2.66. The molecule has 262 valence electrons. The number of nitrogens with zero attached hydrogens (tertiary/aromatic N) is 2. The summed E-state index contributed by atoms with van der Waals surface area (Å²) in [6.07, 6.45) is 1.05. The quantitative estimate of drug-likeness (QED) is 0.0979. The largest absolute Gasteiger partial charge is 0.497 e. The Morgan fingerprint density at radius 1 is 1.04 bits per heavy atom. The molecule has 3 aromatic rings. The summed E-state index contributed by atoms with van der Waals surface area (Å²) >= 11 is 2.28. The Morgan fingerprint density at radius 2 is 1.76 bits per heavy atom. The highest BCUT2D eigenvalue weighted by Crippen LogP contribution is 2.60. The molecule has 0 bridgehead atoms. The second-order valence-electron chi connectivity index (χ2n) is 13.5. The van der Waals surface area contributed by atoms with Crippen molar-refractivity contribution in [1.29, 1.82) is 0 Å². The first-order valence-corrected chi connectivity index (χ1v) is 21.1. The normalized spacial score (nSPS) is 21.6. The lowest BCUT2D eigenvalue weighted by atomic mass is 9.82. The SMILES string of the molecule is COC(=O)CCCCN1C(=O)[C@]2(O[C@H](CC(=O)N(CCO)Cc3ccccc3)[C@@H]([Si](C)(C)c3ccc(OC)cc3)[C@@H]2C)c2cc(I)ccc21. The van der Waals surface area contributed by atoms with E-state index >= 15 is 0 Å². The number of fused-ring (bicyclic) bond motifs is 2. The van der Waals surface area contributed by atoms with E-state index in [1.165, 1.54) is 12.3 Å². The molecule has 4 atom stereocenters. The predicted molar refractivity (Wildman–Crippen MR) is 201 cm³/mol. The Morgan fingerprint density at radius 3 is 2.41 bits per heavy atom. The predicted octanol–water partition coefficient (Wildman–Crippen LogP) is 5.62. The number of ether oxygens (including phenoxy) is 3. The molecular weight excluding hydrogens is 751 g/mol. The molecule has 2 heterocycles. The molecule has 0 saturated carbocycles. The smallest absolute Gasteiger partial charge is 0.305 e. The summed E-state index contributed by atoms with van der Waals surface area (Å²) in [5, 5.41) is 11.1. The number of amides is 2. The van der Waals surface area contributed by atoms with Gasteiger partial charge in [-0.3, -0.25) is 14.4 Å². The summed E-state index contributed by atoms with van der Waals surface area (Å²) in [6, 6.07) is 23.9. The molecule has 11 heteroatoms. The number of benzene rings is 3. The minimum Gasteiger partial charge on any atom is -0.497 e. The van der Waals surface area contributed by atoms with Crippen molar-refractivity contribution in [2.45, 2.75) is 69.5 Å². The summed E-state index contributed by atoms with van der Waals surface area (Å²) in [5.41, 5.74) is 1.25. The first-order chi connectivity index (χ1) is 23.5. The third-order valence-corrected chi connectivity index (χ3v) is 15.4. The topological polar surface area (TPSA) is 106 Å². The van der Waals surface area contributed by atoms with Crippen molar-refractivity contribution in [3.8, 4) is 5.75 Å². The number of carbonyl (C=O) groups is 3. The van der Waals surface area contributed by atoms with Crippen LogP contribution in [0.1, 0.15) is 43.7 Å². The zero-order chi connectivity index (χ0) is 35.3. The van der Waals surface area contributed by atoms with E-state index < -0.39 is 19.8 Å². The first kappa shape index (κ1) is 37.0. The maximum atomic E-state index is 14.9. The van der Waals surface area contributed by atoms with Crippen LogP contribution < -0.4 is 14.8 Å². The molecule has 2 aliphatic heterocycles. The van der Waals surface area contributed by atoms with Crippen LogP contribution in [0.3, 0.4) is 0 Å². The molecule has 1 spiro atoms. The van der Waals surface area contributed by atoms with E-state index in [0.29, 0.717) is 25.9 Å². The molecule has 3 aromatic carbocycles. The van der Waals surface area contributed by atoms with Crippen molar-refractivity contribution in [3.63, 3.8) is 0 Å². The molecule has 9 nitrogen and oxygen atoms in total. The van der Waals surface area contributed by atoms with Gasteiger partial charge in [-0.1, -0.05) is 67.7 Å². The van der Waals surface area contributed by atoms with Gasteiger partial charge >= 0.3 is 5.97 Å². The Balaban J connectivity index is 1.54. The third-order valence-electron chi connectivity index (χ3n) is 10.4. The highest BCUT2D eigenvalue weighted by molar-refractivity contribution is 14.1. The molecule has 49 heavy (non-hydrogen) atoms. The van der Waals surface area contributed by atoms with Gasteiger partial charge in [0.15, 0.2) is 5.60 Å². The Kier molecular flexibility index (Phi) is 11.9. The molecule has 0 aromatic heterocycles. The lowest BCUT2D eigenvalue weighted by Gasteiger charge is -2.37. The van der Waals surface area contributed by atoms with E-state index in [2.05, 4.69) is 60.8 Å². The second-order valence-corrected chi connectivity index (χ2v) is 19.5. The number of unbranched alkanes of at least 4 members (excludes halogenated alkanes) is 1. The number of aliphatic hydroxyl groups is 1. The van der Waals surface area contributed by atoms with Gasteiger partial charge in [-0.2, -0.15) is 0 Å². The van der Waals surface area contributed by atoms with Gasteiger partial charge < -0.3 is 29.1 Å². The Bertz CT molecular complexity index is 1640. The molecule has 5 rings (SSSR count). The molecule has 0 unspecified atom stereocenters. The van der Waals surface area contributed by atoms with E-state index in [1.807, 2.05) is 59.5 Å². The first-order valence-electron chi connectivity index (χ1n) is 16.9.